The number of rotatable bonds is 1. The van der Waals surface area contributed by atoms with Gasteiger partial charge in [-0.15, -0.1) is 0 Å². The highest BCUT2D eigenvalue weighted by Gasteiger charge is 2.40. The summed E-state index contributed by atoms with van der Waals surface area (Å²) < 4.78 is 0. The smallest absolute Gasteiger partial charge is 0.224 e. The van der Waals surface area contributed by atoms with Gasteiger partial charge in [0.15, 0.2) is 0 Å². The number of likely N-dealkylation sites (N-methyl/N-ethyl adjacent to an activating group) is 1. The van der Waals surface area contributed by atoms with Gasteiger partial charge in [0.1, 0.15) is 0 Å². The van der Waals surface area contributed by atoms with E-state index < -0.39 is 0 Å². The third kappa shape index (κ3) is 2.24. The van der Waals surface area contributed by atoms with Crippen LogP contribution >= 0.6 is 0 Å². The minimum absolute atomic E-state index is 0.0404. The molecule has 92 valence electrons. The largest absolute Gasteiger partial charge is 0.338 e. The van der Waals surface area contributed by atoms with Crippen molar-refractivity contribution >= 4 is 5.91 Å². The van der Waals surface area contributed by atoms with Crippen molar-refractivity contribution in [3.8, 4) is 0 Å². The van der Waals surface area contributed by atoms with Crippen molar-refractivity contribution in [2.24, 2.45) is 0 Å². The summed E-state index contributed by atoms with van der Waals surface area (Å²) in [5.41, 5.74) is -0.0404. The molecule has 1 N–H and O–H groups in total. The summed E-state index contributed by atoms with van der Waals surface area (Å²) in [5.74, 6) is 0.328. The molecule has 0 aromatic heterocycles. The zero-order valence-electron chi connectivity index (χ0n) is 10.8. The number of amides is 1. The third-order valence-electron chi connectivity index (χ3n) is 3.96. The van der Waals surface area contributed by atoms with Crippen molar-refractivity contribution in [2.45, 2.75) is 70.5 Å². The number of nitrogens with one attached hydrogen (secondary N) is 1. The average molecular weight is 224 g/mol. The summed E-state index contributed by atoms with van der Waals surface area (Å²) in [6, 6.07) is 0.947. The Bertz CT molecular complexity index is 275. The SMILES string of the molecule is CCN1C(=O)CC(C)(C)N[C@@H]2CCCC[C@@H]21. The lowest BCUT2D eigenvalue weighted by Crippen LogP contribution is -2.53. The summed E-state index contributed by atoms with van der Waals surface area (Å²) in [4.78, 5) is 14.3. The van der Waals surface area contributed by atoms with Gasteiger partial charge in [0.05, 0.1) is 0 Å². The molecule has 0 bridgehead atoms. The van der Waals surface area contributed by atoms with Gasteiger partial charge in [0.25, 0.3) is 0 Å². The van der Waals surface area contributed by atoms with Crippen LogP contribution in [0.1, 0.15) is 52.9 Å². The number of carbonyl (C=O) groups excluding carboxylic acids is 1. The highest BCUT2D eigenvalue weighted by atomic mass is 16.2. The van der Waals surface area contributed by atoms with Gasteiger partial charge in [0.2, 0.25) is 5.91 Å². The maximum absolute atomic E-state index is 12.2. The van der Waals surface area contributed by atoms with Crippen molar-refractivity contribution in [1.29, 1.82) is 0 Å². The second kappa shape index (κ2) is 4.36. The number of hydrogen-bond donors (Lipinski definition) is 1. The number of nitrogens with zero attached hydrogens (tertiary/aromatic N) is 1. The van der Waals surface area contributed by atoms with Crippen molar-refractivity contribution in [3.63, 3.8) is 0 Å². The molecule has 1 amide bonds. The monoisotopic (exact) mass is 224 g/mol. The summed E-state index contributed by atoms with van der Waals surface area (Å²) in [7, 11) is 0. The molecule has 0 radical (unpaired) electrons. The molecule has 1 aliphatic carbocycles. The Hall–Kier alpha value is -0.570. The van der Waals surface area contributed by atoms with E-state index in [2.05, 4.69) is 31.0 Å². The van der Waals surface area contributed by atoms with Crippen LogP contribution in [0.2, 0.25) is 0 Å². The van der Waals surface area contributed by atoms with Crippen LogP contribution in [0.3, 0.4) is 0 Å². The van der Waals surface area contributed by atoms with Crippen molar-refractivity contribution in [3.05, 3.63) is 0 Å². The predicted octanol–water partition coefficient (Wildman–Crippen LogP) is 1.92. The topological polar surface area (TPSA) is 32.3 Å². The fourth-order valence-electron chi connectivity index (χ4n) is 3.28. The normalized spacial score (nSPS) is 34.4. The van der Waals surface area contributed by atoms with Gasteiger partial charge < -0.3 is 10.2 Å². The molecular weight excluding hydrogens is 200 g/mol. The van der Waals surface area contributed by atoms with Crippen LogP contribution in [0, 0.1) is 0 Å². The summed E-state index contributed by atoms with van der Waals surface area (Å²) in [6.45, 7) is 7.26. The zero-order valence-corrected chi connectivity index (χ0v) is 10.8. The van der Waals surface area contributed by atoms with Gasteiger partial charge in [-0.25, -0.2) is 0 Å². The number of hydrogen-bond acceptors (Lipinski definition) is 2. The molecule has 2 rings (SSSR count). The number of fused-ring (bicyclic) bond motifs is 1. The Morgan fingerprint density at radius 3 is 2.75 bits per heavy atom. The van der Waals surface area contributed by atoms with E-state index in [1.165, 1.54) is 25.7 Å². The molecule has 0 unspecified atom stereocenters. The zero-order chi connectivity index (χ0) is 11.8. The van der Waals surface area contributed by atoms with E-state index in [9.17, 15) is 4.79 Å². The maximum Gasteiger partial charge on any atom is 0.224 e. The fourth-order valence-corrected chi connectivity index (χ4v) is 3.28. The lowest BCUT2D eigenvalue weighted by Gasteiger charge is -2.38. The van der Waals surface area contributed by atoms with Crippen molar-refractivity contribution in [2.75, 3.05) is 6.54 Å². The number of carbonyl (C=O) groups is 1. The van der Waals surface area contributed by atoms with Crippen molar-refractivity contribution < 1.29 is 4.79 Å². The van der Waals surface area contributed by atoms with E-state index in [1.54, 1.807) is 0 Å². The van der Waals surface area contributed by atoms with Crippen LogP contribution < -0.4 is 5.32 Å². The van der Waals surface area contributed by atoms with Crippen molar-refractivity contribution in [1.82, 2.24) is 10.2 Å². The van der Waals surface area contributed by atoms with Gasteiger partial charge in [-0.3, -0.25) is 4.79 Å². The molecule has 1 saturated carbocycles. The Morgan fingerprint density at radius 1 is 1.38 bits per heavy atom. The van der Waals surface area contributed by atoms with E-state index in [4.69, 9.17) is 0 Å². The molecule has 2 aliphatic rings. The highest BCUT2D eigenvalue weighted by molar-refractivity contribution is 5.78. The van der Waals surface area contributed by atoms with Crippen LogP contribution in [0.4, 0.5) is 0 Å². The third-order valence-corrected chi connectivity index (χ3v) is 3.96. The molecule has 3 heteroatoms. The Labute approximate surface area is 98.6 Å². The molecule has 1 aliphatic heterocycles. The van der Waals surface area contributed by atoms with E-state index >= 15 is 0 Å². The Kier molecular flexibility index (Phi) is 3.24. The minimum atomic E-state index is -0.0404. The molecular formula is C13H24N2O. The maximum atomic E-state index is 12.2. The first-order valence-electron chi connectivity index (χ1n) is 6.60. The van der Waals surface area contributed by atoms with Crippen LogP contribution in [0.15, 0.2) is 0 Å². The fraction of sp³-hybridized carbons (Fsp3) is 0.923. The summed E-state index contributed by atoms with van der Waals surface area (Å²) in [5, 5.41) is 3.69. The standard InChI is InChI=1S/C13H24N2O/c1-4-15-11-8-6-5-7-10(11)14-13(2,3)9-12(15)16/h10-11,14H,4-9H2,1-3H3/t10-,11+/m1/s1. The van der Waals surface area contributed by atoms with Gasteiger partial charge in [-0.05, 0) is 33.6 Å². The summed E-state index contributed by atoms with van der Waals surface area (Å²) in [6.07, 6.45) is 5.60. The first kappa shape index (κ1) is 11.9. The quantitative estimate of drug-likeness (QED) is 0.738. The van der Waals surface area contributed by atoms with E-state index in [-0.39, 0.29) is 5.54 Å². The van der Waals surface area contributed by atoms with E-state index in [0.717, 1.165) is 6.54 Å². The molecule has 2 fully saturated rings. The second-order valence-corrected chi connectivity index (χ2v) is 5.84. The average Bonchev–Trinajstić information content (AvgIpc) is 2.29. The Morgan fingerprint density at radius 2 is 2.06 bits per heavy atom. The summed E-state index contributed by atoms with van der Waals surface area (Å²) >= 11 is 0. The van der Waals surface area contributed by atoms with E-state index in [0.29, 0.717) is 24.4 Å². The first-order chi connectivity index (χ1) is 7.53. The molecule has 16 heavy (non-hydrogen) atoms. The van der Waals surface area contributed by atoms with Gasteiger partial charge in [-0.2, -0.15) is 0 Å². The highest BCUT2D eigenvalue weighted by Crippen LogP contribution is 2.29. The van der Waals surface area contributed by atoms with E-state index in [1.807, 2.05) is 0 Å². The van der Waals surface area contributed by atoms with Crippen LogP contribution in [-0.2, 0) is 4.79 Å². The molecule has 0 aromatic rings. The van der Waals surface area contributed by atoms with Gasteiger partial charge in [0, 0.05) is 30.6 Å². The molecule has 3 nitrogen and oxygen atoms in total. The van der Waals surface area contributed by atoms with Gasteiger partial charge in [-0.1, -0.05) is 12.8 Å². The molecule has 0 spiro atoms. The molecule has 1 heterocycles. The minimum Gasteiger partial charge on any atom is -0.338 e. The molecule has 0 aromatic carbocycles. The van der Waals surface area contributed by atoms with Crippen LogP contribution in [0.5, 0.6) is 0 Å². The first-order valence-corrected chi connectivity index (χ1v) is 6.60. The lowest BCUT2D eigenvalue weighted by atomic mass is 9.88. The second-order valence-electron chi connectivity index (χ2n) is 5.84. The molecule has 2 atom stereocenters. The van der Waals surface area contributed by atoms with Gasteiger partial charge >= 0.3 is 0 Å². The van der Waals surface area contributed by atoms with Crippen LogP contribution in [0.25, 0.3) is 0 Å². The molecule has 1 saturated heterocycles. The Balaban J connectivity index is 2.23. The lowest BCUT2D eigenvalue weighted by molar-refractivity contribution is -0.133. The van der Waals surface area contributed by atoms with Crippen LogP contribution in [-0.4, -0.2) is 35.0 Å². The predicted molar refractivity (Wildman–Crippen MR) is 65.3 cm³/mol.